The zero-order valence-electron chi connectivity index (χ0n) is 15.5. The predicted molar refractivity (Wildman–Crippen MR) is 103 cm³/mol. The number of benzene rings is 1. The molecule has 0 bridgehead atoms. The quantitative estimate of drug-likeness (QED) is 0.683. The number of nitrogens with zero attached hydrogens (tertiary/aromatic N) is 2. The molecule has 0 saturated carbocycles. The van der Waals surface area contributed by atoms with Gasteiger partial charge in [0.25, 0.3) is 5.91 Å². The summed E-state index contributed by atoms with van der Waals surface area (Å²) in [5.74, 6) is 0.935. The third-order valence-corrected chi connectivity index (χ3v) is 5.12. The second-order valence-electron chi connectivity index (χ2n) is 6.83. The largest absolute Gasteiger partial charge is 0.469 e. The highest BCUT2D eigenvalue weighted by molar-refractivity contribution is 5.91. The van der Waals surface area contributed by atoms with Crippen molar-refractivity contribution in [1.29, 1.82) is 0 Å². The lowest BCUT2D eigenvalue weighted by Crippen LogP contribution is -2.50. The van der Waals surface area contributed by atoms with Gasteiger partial charge in [-0.1, -0.05) is 30.3 Å². The van der Waals surface area contributed by atoms with Crippen molar-refractivity contribution in [3.63, 3.8) is 0 Å². The molecule has 3 heterocycles. The minimum Gasteiger partial charge on any atom is -0.469 e. The van der Waals surface area contributed by atoms with E-state index < -0.39 is 0 Å². The molecule has 144 valence electrons. The number of hydrogen-bond acceptors (Lipinski definition) is 4. The third kappa shape index (κ3) is 3.86. The Morgan fingerprint density at radius 1 is 0.821 bits per heavy atom. The van der Waals surface area contributed by atoms with E-state index in [2.05, 4.69) is 0 Å². The Bertz CT molecular complexity index is 895. The van der Waals surface area contributed by atoms with E-state index in [1.54, 1.807) is 23.3 Å². The molecule has 0 spiro atoms. The Morgan fingerprint density at radius 2 is 1.50 bits per heavy atom. The van der Waals surface area contributed by atoms with Crippen LogP contribution in [0.4, 0.5) is 0 Å². The first kappa shape index (κ1) is 18.1. The predicted octanol–water partition coefficient (Wildman–Crippen LogP) is 3.38. The van der Waals surface area contributed by atoms with Gasteiger partial charge in [0.1, 0.15) is 5.76 Å². The molecule has 1 atom stereocenters. The summed E-state index contributed by atoms with van der Waals surface area (Å²) in [6.45, 7) is 2.04. The van der Waals surface area contributed by atoms with Crippen molar-refractivity contribution in [2.24, 2.45) is 0 Å². The lowest BCUT2D eigenvalue weighted by Gasteiger charge is -2.35. The smallest absolute Gasteiger partial charge is 0.289 e. The Morgan fingerprint density at radius 3 is 2.14 bits per heavy atom. The van der Waals surface area contributed by atoms with E-state index in [1.165, 1.54) is 6.26 Å². The van der Waals surface area contributed by atoms with Gasteiger partial charge in [0.05, 0.1) is 18.4 Å². The maximum Gasteiger partial charge on any atom is 0.289 e. The molecule has 2 aromatic heterocycles. The number of rotatable bonds is 5. The van der Waals surface area contributed by atoms with Crippen molar-refractivity contribution in [1.82, 2.24) is 9.80 Å². The van der Waals surface area contributed by atoms with Crippen molar-refractivity contribution in [3.8, 4) is 0 Å². The third-order valence-electron chi connectivity index (χ3n) is 5.12. The van der Waals surface area contributed by atoms with Crippen molar-refractivity contribution < 1.29 is 18.4 Å². The summed E-state index contributed by atoms with van der Waals surface area (Å²) in [5, 5.41) is 0. The van der Waals surface area contributed by atoms with Gasteiger partial charge in [-0.2, -0.15) is 0 Å². The second kappa shape index (κ2) is 8.17. The second-order valence-corrected chi connectivity index (χ2v) is 6.83. The van der Waals surface area contributed by atoms with Crippen LogP contribution in [0.15, 0.2) is 76.0 Å². The Kier molecular flexibility index (Phi) is 5.28. The Hall–Kier alpha value is -3.28. The maximum absolute atomic E-state index is 12.9. The summed E-state index contributed by atoms with van der Waals surface area (Å²) in [4.78, 5) is 28.9. The van der Waals surface area contributed by atoms with E-state index >= 15 is 0 Å². The van der Waals surface area contributed by atoms with Gasteiger partial charge in [0.2, 0.25) is 5.91 Å². The first-order valence-corrected chi connectivity index (χ1v) is 9.41. The molecule has 4 rings (SSSR count). The van der Waals surface area contributed by atoms with Crippen LogP contribution < -0.4 is 0 Å². The zero-order chi connectivity index (χ0) is 19.3. The van der Waals surface area contributed by atoms with Crippen LogP contribution >= 0.6 is 0 Å². The van der Waals surface area contributed by atoms with E-state index in [0.29, 0.717) is 38.4 Å². The monoisotopic (exact) mass is 378 g/mol. The summed E-state index contributed by atoms with van der Waals surface area (Å²) in [7, 11) is 0. The summed E-state index contributed by atoms with van der Waals surface area (Å²) in [6, 6.07) is 17.0. The highest BCUT2D eigenvalue weighted by atomic mass is 16.3. The van der Waals surface area contributed by atoms with Gasteiger partial charge in [-0.15, -0.1) is 0 Å². The fourth-order valence-corrected chi connectivity index (χ4v) is 3.58. The molecule has 1 aliphatic rings. The molecule has 3 aromatic rings. The Balaban J connectivity index is 1.40. The number of carbonyl (C=O) groups is 2. The molecule has 0 N–H and O–H groups in total. The normalized spacial score (nSPS) is 15.4. The van der Waals surface area contributed by atoms with Crippen LogP contribution in [-0.2, 0) is 4.79 Å². The molecule has 1 unspecified atom stereocenters. The molecule has 2 amide bonds. The van der Waals surface area contributed by atoms with Crippen molar-refractivity contribution in [3.05, 3.63) is 84.2 Å². The number of hydrogen-bond donors (Lipinski definition) is 0. The van der Waals surface area contributed by atoms with Crippen LogP contribution in [0.1, 0.15) is 34.2 Å². The van der Waals surface area contributed by atoms with Crippen LogP contribution in [0, 0.1) is 0 Å². The molecule has 1 aliphatic heterocycles. The van der Waals surface area contributed by atoms with Gasteiger partial charge in [-0.05, 0) is 29.8 Å². The van der Waals surface area contributed by atoms with Gasteiger partial charge >= 0.3 is 0 Å². The van der Waals surface area contributed by atoms with Gasteiger partial charge < -0.3 is 18.6 Å². The van der Waals surface area contributed by atoms with Crippen LogP contribution in [0.25, 0.3) is 0 Å². The molecular formula is C22H22N2O4. The lowest BCUT2D eigenvalue weighted by molar-refractivity contribution is -0.133. The molecule has 6 heteroatoms. The van der Waals surface area contributed by atoms with Crippen LogP contribution in [0.5, 0.6) is 0 Å². The highest BCUT2D eigenvalue weighted by Crippen LogP contribution is 2.29. The zero-order valence-corrected chi connectivity index (χ0v) is 15.5. The molecule has 0 aliphatic carbocycles. The first-order valence-electron chi connectivity index (χ1n) is 9.41. The number of furan rings is 2. The fourth-order valence-electron chi connectivity index (χ4n) is 3.58. The van der Waals surface area contributed by atoms with E-state index in [4.69, 9.17) is 8.83 Å². The van der Waals surface area contributed by atoms with Crippen molar-refractivity contribution in [2.45, 2.75) is 12.3 Å². The summed E-state index contributed by atoms with van der Waals surface area (Å²) >= 11 is 0. The van der Waals surface area contributed by atoms with Crippen LogP contribution in [0.3, 0.4) is 0 Å². The minimum absolute atomic E-state index is 0.0651. The molecule has 28 heavy (non-hydrogen) atoms. The van der Waals surface area contributed by atoms with Gasteiger partial charge in [-0.25, -0.2) is 0 Å². The molecule has 0 radical (unpaired) electrons. The summed E-state index contributed by atoms with van der Waals surface area (Å²) in [5.41, 5.74) is 1.05. The molecule has 1 aromatic carbocycles. The highest BCUT2D eigenvalue weighted by Gasteiger charge is 2.28. The molecular weight excluding hydrogens is 356 g/mol. The number of piperazine rings is 1. The maximum atomic E-state index is 12.9. The fraction of sp³-hybridized carbons (Fsp3) is 0.273. The van der Waals surface area contributed by atoms with Gasteiger partial charge in [0, 0.05) is 32.6 Å². The average Bonchev–Trinajstić information content (AvgIpc) is 3.46. The number of carbonyl (C=O) groups excluding carboxylic acids is 2. The minimum atomic E-state index is -0.130. The topological polar surface area (TPSA) is 66.9 Å². The van der Waals surface area contributed by atoms with Crippen LogP contribution in [0.2, 0.25) is 0 Å². The summed E-state index contributed by atoms with van der Waals surface area (Å²) in [6.07, 6.45) is 3.46. The first-order chi connectivity index (χ1) is 13.7. The standard InChI is InChI=1S/C22H22N2O4/c25-21(16-18(19-8-4-14-27-19)17-6-2-1-3-7-17)23-10-12-24(13-11-23)22(26)20-9-5-15-28-20/h1-9,14-15,18H,10-13,16H2. The van der Waals surface area contributed by atoms with E-state index in [-0.39, 0.29) is 17.7 Å². The van der Waals surface area contributed by atoms with E-state index in [0.717, 1.165) is 11.3 Å². The van der Waals surface area contributed by atoms with E-state index in [9.17, 15) is 9.59 Å². The van der Waals surface area contributed by atoms with E-state index in [1.807, 2.05) is 47.4 Å². The lowest BCUT2D eigenvalue weighted by atomic mass is 9.92. The van der Waals surface area contributed by atoms with Gasteiger partial charge in [-0.3, -0.25) is 9.59 Å². The summed E-state index contributed by atoms with van der Waals surface area (Å²) < 4.78 is 10.8. The average molecular weight is 378 g/mol. The molecule has 1 saturated heterocycles. The van der Waals surface area contributed by atoms with Crippen LogP contribution in [-0.4, -0.2) is 47.8 Å². The van der Waals surface area contributed by atoms with Crippen molar-refractivity contribution in [2.75, 3.05) is 26.2 Å². The SMILES string of the molecule is O=C(CC(c1ccccc1)c1ccco1)N1CCN(C(=O)c2ccco2)CC1. The van der Waals surface area contributed by atoms with Crippen molar-refractivity contribution >= 4 is 11.8 Å². The number of amides is 2. The molecule has 6 nitrogen and oxygen atoms in total. The van der Waals surface area contributed by atoms with Gasteiger partial charge in [0.15, 0.2) is 5.76 Å². The molecule has 1 fully saturated rings. The Labute approximate surface area is 163 Å².